The molecule has 2 heterocycles. The minimum atomic E-state index is -0.947. The van der Waals surface area contributed by atoms with E-state index in [-0.39, 0.29) is 11.8 Å². The normalized spacial score (nSPS) is 26.6. The second-order valence-electron chi connectivity index (χ2n) is 5.11. The number of carbonyl (C=O) groups is 3. The van der Waals surface area contributed by atoms with E-state index in [2.05, 4.69) is 0 Å². The smallest absolute Gasteiger partial charge is 0.326 e. The molecule has 0 saturated carbocycles. The van der Waals surface area contributed by atoms with Crippen LogP contribution >= 0.6 is 11.8 Å². The second kappa shape index (κ2) is 6.47. The van der Waals surface area contributed by atoms with Crippen molar-refractivity contribution in [3.8, 4) is 0 Å². The molecule has 0 spiro atoms. The standard InChI is InChI=1S/C13H20N2O4S/c1-2-11(16)15-8-20-7-10(15)12(17)14-6-4-3-5-9(14)13(18)19/h9-10H,2-8H2,1H3,(H,18,19)/t9-,10?/m1/s1. The van der Waals surface area contributed by atoms with Gasteiger partial charge in [0.05, 0.1) is 5.88 Å². The first-order valence-electron chi connectivity index (χ1n) is 6.96. The van der Waals surface area contributed by atoms with Crippen molar-refractivity contribution in [2.45, 2.75) is 44.7 Å². The lowest BCUT2D eigenvalue weighted by Gasteiger charge is -2.36. The molecule has 6 nitrogen and oxygen atoms in total. The van der Waals surface area contributed by atoms with Crippen LogP contribution in [0.3, 0.4) is 0 Å². The Bertz CT molecular complexity index is 415. The van der Waals surface area contributed by atoms with Crippen molar-refractivity contribution < 1.29 is 19.5 Å². The molecular formula is C13H20N2O4S. The van der Waals surface area contributed by atoms with Gasteiger partial charge in [-0.2, -0.15) is 0 Å². The Morgan fingerprint density at radius 2 is 1.95 bits per heavy atom. The average molecular weight is 300 g/mol. The van der Waals surface area contributed by atoms with Gasteiger partial charge < -0.3 is 14.9 Å². The van der Waals surface area contributed by atoms with Gasteiger partial charge in [-0.15, -0.1) is 11.8 Å². The van der Waals surface area contributed by atoms with E-state index >= 15 is 0 Å². The number of amides is 2. The lowest BCUT2D eigenvalue weighted by Crippen LogP contribution is -2.55. The van der Waals surface area contributed by atoms with Crippen molar-refractivity contribution in [1.29, 1.82) is 0 Å². The van der Waals surface area contributed by atoms with Crippen molar-refractivity contribution in [3.63, 3.8) is 0 Å². The average Bonchev–Trinajstić information content (AvgIpc) is 2.95. The van der Waals surface area contributed by atoms with E-state index in [4.69, 9.17) is 0 Å². The van der Waals surface area contributed by atoms with Crippen LogP contribution in [0.4, 0.5) is 0 Å². The summed E-state index contributed by atoms with van der Waals surface area (Å²) in [6.07, 6.45) is 2.53. The van der Waals surface area contributed by atoms with Crippen LogP contribution in [-0.4, -0.2) is 62.9 Å². The van der Waals surface area contributed by atoms with Crippen molar-refractivity contribution in [2.24, 2.45) is 0 Å². The Kier molecular flexibility index (Phi) is 4.91. The number of hydrogen-bond acceptors (Lipinski definition) is 4. The number of carbonyl (C=O) groups excluding carboxylic acids is 2. The molecule has 2 rings (SSSR count). The van der Waals surface area contributed by atoms with E-state index in [0.29, 0.717) is 31.0 Å². The van der Waals surface area contributed by atoms with Crippen molar-refractivity contribution in [3.05, 3.63) is 0 Å². The number of carboxylic acid groups (broad SMARTS) is 1. The van der Waals surface area contributed by atoms with Crippen molar-refractivity contribution in [2.75, 3.05) is 18.2 Å². The second-order valence-corrected chi connectivity index (χ2v) is 6.11. The molecule has 0 radical (unpaired) electrons. The Morgan fingerprint density at radius 3 is 2.60 bits per heavy atom. The maximum absolute atomic E-state index is 12.6. The molecule has 1 N–H and O–H groups in total. The summed E-state index contributed by atoms with van der Waals surface area (Å²) in [4.78, 5) is 38.8. The molecule has 2 fully saturated rings. The molecule has 1 unspecified atom stereocenters. The highest BCUT2D eigenvalue weighted by Crippen LogP contribution is 2.26. The summed E-state index contributed by atoms with van der Waals surface area (Å²) in [5.74, 6) is -0.111. The lowest BCUT2D eigenvalue weighted by molar-refractivity contribution is -0.155. The highest BCUT2D eigenvalue weighted by Gasteiger charge is 2.40. The van der Waals surface area contributed by atoms with Crippen molar-refractivity contribution in [1.82, 2.24) is 9.80 Å². The van der Waals surface area contributed by atoms with Crippen LogP contribution in [0.15, 0.2) is 0 Å². The number of piperidine rings is 1. The minimum absolute atomic E-state index is 0.0442. The number of rotatable bonds is 3. The Labute approximate surface area is 122 Å². The molecule has 0 aliphatic carbocycles. The number of carboxylic acids is 1. The van der Waals surface area contributed by atoms with Crippen LogP contribution in [0.25, 0.3) is 0 Å². The zero-order valence-corrected chi connectivity index (χ0v) is 12.4. The maximum Gasteiger partial charge on any atom is 0.326 e. The quantitative estimate of drug-likeness (QED) is 0.832. The van der Waals surface area contributed by atoms with E-state index < -0.39 is 18.1 Å². The molecule has 112 valence electrons. The summed E-state index contributed by atoms with van der Waals surface area (Å²) in [5, 5.41) is 9.24. The van der Waals surface area contributed by atoms with Crippen LogP contribution in [0, 0.1) is 0 Å². The minimum Gasteiger partial charge on any atom is -0.480 e. The predicted molar refractivity (Wildman–Crippen MR) is 75.2 cm³/mol. The SMILES string of the molecule is CCC(=O)N1CSCC1C(=O)N1CCCC[C@@H]1C(=O)O. The van der Waals surface area contributed by atoms with Gasteiger partial charge in [0, 0.05) is 18.7 Å². The third-order valence-electron chi connectivity index (χ3n) is 3.86. The molecule has 2 saturated heterocycles. The molecule has 0 aromatic carbocycles. The van der Waals surface area contributed by atoms with Crippen LogP contribution in [0.5, 0.6) is 0 Å². The van der Waals surface area contributed by atoms with Gasteiger partial charge in [-0.1, -0.05) is 6.92 Å². The fraction of sp³-hybridized carbons (Fsp3) is 0.769. The summed E-state index contributed by atoms with van der Waals surface area (Å²) in [5.41, 5.74) is 0. The third-order valence-corrected chi connectivity index (χ3v) is 4.87. The zero-order valence-electron chi connectivity index (χ0n) is 11.6. The first-order valence-corrected chi connectivity index (χ1v) is 8.12. The molecule has 2 aliphatic heterocycles. The zero-order chi connectivity index (χ0) is 14.7. The summed E-state index contributed by atoms with van der Waals surface area (Å²) >= 11 is 1.55. The summed E-state index contributed by atoms with van der Waals surface area (Å²) in [6.45, 7) is 2.25. The first-order chi connectivity index (χ1) is 9.56. The third kappa shape index (κ3) is 2.92. The van der Waals surface area contributed by atoms with Gasteiger partial charge in [0.25, 0.3) is 0 Å². The van der Waals surface area contributed by atoms with Gasteiger partial charge in [-0.05, 0) is 19.3 Å². The molecule has 7 heteroatoms. The van der Waals surface area contributed by atoms with E-state index in [1.54, 1.807) is 23.6 Å². The molecule has 2 atom stereocenters. The molecule has 20 heavy (non-hydrogen) atoms. The number of hydrogen-bond donors (Lipinski definition) is 1. The highest BCUT2D eigenvalue weighted by molar-refractivity contribution is 7.99. The lowest BCUT2D eigenvalue weighted by atomic mass is 10.0. The van der Waals surface area contributed by atoms with Crippen LogP contribution in [0.2, 0.25) is 0 Å². The largest absolute Gasteiger partial charge is 0.480 e. The first kappa shape index (κ1) is 15.2. The van der Waals surface area contributed by atoms with E-state index in [1.165, 1.54) is 4.90 Å². The van der Waals surface area contributed by atoms with Crippen LogP contribution in [0.1, 0.15) is 32.6 Å². The van der Waals surface area contributed by atoms with Gasteiger partial charge in [0.1, 0.15) is 12.1 Å². The number of aliphatic carboxylic acids is 1. The summed E-state index contributed by atoms with van der Waals surface area (Å²) < 4.78 is 0. The van der Waals surface area contributed by atoms with E-state index in [1.807, 2.05) is 0 Å². The molecule has 2 aliphatic rings. The van der Waals surface area contributed by atoms with Gasteiger partial charge in [-0.3, -0.25) is 9.59 Å². The Hall–Kier alpha value is -1.24. The van der Waals surface area contributed by atoms with Crippen LogP contribution in [-0.2, 0) is 14.4 Å². The highest BCUT2D eigenvalue weighted by atomic mass is 32.2. The summed E-state index contributed by atoms with van der Waals surface area (Å²) in [7, 11) is 0. The van der Waals surface area contributed by atoms with Gasteiger partial charge >= 0.3 is 5.97 Å². The predicted octanol–water partition coefficient (Wildman–Crippen LogP) is 0.764. The van der Waals surface area contributed by atoms with Gasteiger partial charge in [-0.25, -0.2) is 4.79 Å². The Morgan fingerprint density at radius 1 is 1.20 bits per heavy atom. The Balaban J connectivity index is 2.12. The molecular weight excluding hydrogens is 280 g/mol. The van der Waals surface area contributed by atoms with E-state index in [9.17, 15) is 19.5 Å². The monoisotopic (exact) mass is 300 g/mol. The van der Waals surface area contributed by atoms with E-state index in [0.717, 1.165) is 12.8 Å². The van der Waals surface area contributed by atoms with Gasteiger partial charge in [0.2, 0.25) is 11.8 Å². The van der Waals surface area contributed by atoms with Crippen molar-refractivity contribution >= 4 is 29.5 Å². The van der Waals surface area contributed by atoms with Gasteiger partial charge in [0.15, 0.2) is 0 Å². The fourth-order valence-electron chi connectivity index (χ4n) is 2.74. The molecule has 0 bridgehead atoms. The molecule has 0 aromatic rings. The molecule has 0 aromatic heterocycles. The fourth-order valence-corrected chi connectivity index (χ4v) is 3.91. The summed E-state index contributed by atoms with van der Waals surface area (Å²) in [6, 6.07) is -1.23. The topological polar surface area (TPSA) is 77.9 Å². The maximum atomic E-state index is 12.6. The number of likely N-dealkylation sites (tertiary alicyclic amines) is 1. The molecule has 2 amide bonds. The number of thioether (sulfide) groups is 1. The van der Waals surface area contributed by atoms with Crippen LogP contribution < -0.4 is 0 Å². The number of nitrogens with zero attached hydrogens (tertiary/aromatic N) is 2.